The maximum Gasteiger partial charge on any atom is 0.297 e. The van der Waals surface area contributed by atoms with E-state index in [4.69, 9.17) is 0 Å². The van der Waals surface area contributed by atoms with Crippen molar-refractivity contribution >= 4 is 21.9 Å². The molecule has 6 nitrogen and oxygen atoms in total. The fourth-order valence-corrected chi connectivity index (χ4v) is 5.88. The molecule has 0 aromatic rings. The van der Waals surface area contributed by atoms with E-state index in [0.29, 0.717) is 6.42 Å². The number of imide groups is 1. The van der Waals surface area contributed by atoms with Gasteiger partial charge in [0.05, 0.1) is 11.8 Å². The van der Waals surface area contributed by atoms with Crippen LogP contribution in [0.2, 0.25) is 0 Å². The molecule has 0 N–H and O–H groups in total. The molecule has 4 rings (SSSR count). The van der Waals surface area contributed by atoms with Crippen LogP contribution in [0, 0.1) is 23.7 Å². The van der Waals surface area contributed by atoms with E-state index in [-0.39, 0.29) is 16.9 Å². The molecule has 2 bridgehead atoms. The molecule has 4 aliphatic rings. The second-order valence-corrected chi connectivity index (χ2v) is 8.90. The first-order chi connectivity index (χ1) is 12.6. The van der Waals surface area contributed by atoms with Crippen molar-refractivity contribution in [3.05, 3.63) is 12.2 Å². The smallest absolute Gasteiger partial charge is 0.272 e. The lowest BCUT2D eigenvalue weighted by molar-refractivity contribution is -0.167. The molecule has 27 heavy (non-hydrogen) atoms. The molecule has 2 saturated carbocycles. The summed E-state index contributed by atoms with van der Waals surface area (Å²) in [6.45, 7) is 0. The summed E-state index contributed by atoms with van der Waals surface area (Å²) in [5.74, 6) is -4.27. The quantitative estimate of drug-likeness (QED) is 0.392. The van der Waals surface area contributed by atoms with Crippen LogP contribution in [0.1, 0.15) is 6.42 Å². The van der Waals surface area contributed by atoms with E-state index < -0.39 is 69.9 Å². The molecular weight excluding hydrogens is 401 g/mol. The van der Waals surface area contributed by atoms with E-state index in [1.54, 1.807) is 12.2 Å². The van der Waals surface area contributed by atoms with Gasteiger partial charge in [-0.2, -0.15) is 8.42 Å². The Morgan fingerprint density at radius 3 is 1.67 bits per heavy atom. The third kappa shape index (κ3) is 2.48. The minimum Gasteiger partial charge on any atom is -0.272 e. The van der Waals surface area contributed by atoms with Crippen LogP contribution in [0.15, 0.2) is 12.2 Å². The highest BCUT2D eigenvalue weighted by molar-refractivity contribution is 7.87. The van der Waals surface area contributed by atoms with Gasteiger partial charge in [0.1, 0.15) is 0 Å². The number of halogens is 5. The number of hydrogen-bond donors (Lipinski definition) is 0. The Morgan fingerprint density at radius 1 is 0.815 bits per heavy atom. The molecule has 8 atom stereocenters. The zero-order chi connectivity index (χ0) is 19.8. The Kier molecular flexibility index (Phi) is 4.15. The molecule has 1 aliphatic heterocycles. The summed E-state index contributed by atoms with van der Waals surface area (Å²) in [5.41, 5.74) is 0. The van der Waals surface area contributed by atoms with E-state index in [1.165, 1.54) is 0 Å². The first-order valence-corrected chi connectivity index (χ1v) is 9.73. The summed E-state index contributed by atoms with van der Waals surface area (Å²) in [7, 11) is -5.50. The van der Waals surface area contributed by atoms with E-state index in [1.807, 2.05) is 0 Å². The topological polar surface area (TPSA) is 80.8 Å². The van der Waals surface area contributed by atoms with Crippen LogP contribution in [0.5, 0.6) is 0 Å². The molecule has 3 aliphatic carbocycles. The van der Waals surface area contributed by atoms with Gasteiger partial charge >= 0.3 is 0 Å². The number of hydroxylamine groups is 2. The van der Waals surface area contributed by atoms with Gasteiger partial charge in [0.2, 0.25) is 0 Å². The van der Waals surface area contributed by atoms with Crippen molar-refractivity contribution in [2.24, 2.45) is 23.7 Å². The monoisotopic (exact) mass is 415 g/mol. The number of carbonyl (C=O) groups excluding carboxylic acids is 2. The minimum absolute atomic E-state index is 0.0989. The van der Waals surface area contributed by atoms with Crippen LogP contribution in [0.25, 0.3) is 0 Å². The van der Waals surface area contributed by atoms with Crippen molar-refractivity contribution < 1.29 is 44.2 Å². The molecule has 1 heterocycles. The molecule has 3 fully saturated rings. The lowest BCUT2D eigenvalue weighted by Gasteiger charge is -2.35. The number of alkyl halides is 5. The van der Waals surface area contributed by atoms with Crippen LogP contribution in [0.4, 0.5) is 22.0 Å². The zero-order valence-corrected chi connectivity index (χ0v) is 14.2. The van der Waals surface area contributed by atoms with Crippen molar-refractivity contribution in [1.82, 2.24) is 5.06 Å². The minimum atomic E-state index is -5.50. The molecule has 0 aromatic carbocycles. The fraction of sp³-hybridized carbons (Fsp3) is 0.733. The van der Waals surface area contributed by atoms with E-state index >= 15 is 0 Å². The van der Waals surface area contributed by atoms with Gasteiger partial charge in [0, 0.05) is 0 Å². The van der Waals surface area contributed by atoms with Gasteiger partial charge in [-0.3, -0.25) is 9.59 Å². The molecule has 2 amide bonds. The third-order valence-corrected chi connectivity index (χ3v) is 7.33. The van der Waals surface area contributed by atoms with Crippen molar-refractivity contribution in [2.45, 2.75) is 42.5 Å². The average molecular weight is 415 g/mol. The van der Waals surface area contributed by atoms with Crippen LogP contribution in [-0.2, 0) is 24.0 Å². The van der Waals surface area contributed by atoms with Gasteiger partial charge < -0.3 is 0 Å². The molecule has 8 unspecified atom stereocenters. The summed E-state index contributed by atoms with van der Waals surface area (Å²) in [5, 5.41) is -3.15. The Morgan fingerprint density at radius 2 is 1.22 bits per heavy atom. The predicted molar refractivity (Wildman–Crippen MR) is 77.8 cm³/mol. The Labute approximate surface area is 150 Å². The number of carbonyl (C=O) groups is 2. The van der Waals surface area contributed by atoms with E-state index in [9.17, 15) is 40.0 Å². The lowest BCUT2D eigenvalue weighted by atomic mass is 9.85. The van der Waals surface area contributed by atoms with Gasteiger partial charge in [-0.1, -0.05) is 12.2 Å². The van der Waals surface area contributed by atoms with Crippen molar-refractivity contribution in [3.8, 4) is 0 Å². The maximum atomic E-state index is 14.0. The molecule has 0 spiro atoms. The van der Waals surface area contributed by atoms with Gasteiger partial charge in [0.15, 0.2) is 36.1 Å². The van der Waals surface area contributed by atoms with Crippen LogP contribution in [-0.4, -0.2) is 61.4 Å². The van der Waals surface area contributed by atoms with Crippen LogP contribution < -0.4 is 0 Å². The number of hydrogen-bond acceptors (Lipinski definition) is 5. The third-order valence-electron chi connectivity index (χ3n) is 5.79. The second kappa shape index (κ2) is 5.97. The number of fused-ring (bicyclic) bond motifs is 5. The highest BCUT2D eigenvalue weighted by Crippen LogP contribution is 2.52. The second-order valence-electron chi connectivity index (χ2n) is 7.22. The standard InChI is InChI=1S/C15H14F5NO5S/c16-8-9(17)11(19)13(12(20)10(8)18)27(24,25)26-21-14(22)6-4-1-2-5(3-4)7(6)15(21)23/h1-2,4-13H,3H2. The van der Waals surface area contributed by atoms with E-state index in [0.717, 1.165) is 0 Å². The molecule has 1 saturated heterocycles. The molecule has 0 aromatic heterocycles. The van der Waals surface area contributed by atoms with Crippen LogP contribution in [0.3, 0.4) is 0 Å². The molecule has 150 valence electrons. The van der Waals surface area contributed by atoms with Crippen molar-refractivity contribution in [3.63, 3.8) is 0 Å². The summed E-state index contributed by atoms with van der Waals surface area (Å²) in [6.07, 6.45) is -12.2. The van der Waals surface area contributed by atoms with Crippen molar-refractivity contribution in [1.29, 1.82) is 0 Å². The van der Waals surface area contributed by atoms with Crippen LogP contribution >= 0.6 is 0 Å². The van der Waals surface area contributed by atoms with Gasteiger partial charge in [-0.15, -0.1) is 9.35 Å². The summed E-state index contributed by atoms with van der Waals surface area (Å²) in [6, 6.07) is 0. The van der Waals surface area contributed by atoms with Gasteiger partial charge in [-0.25, -0.2) is 22.0 Å². The summed E-state index contributed by atoms with van der Waals surface area (Å²) < 4.78 is 97.0. The largest absolute Gasteiger partial charge is 0.297 e. The Hall–Kier alpha value is -1.56. The zero-order valence-electron chi connectivity index (χ0n) is 13.4. The number of allylic oxidation sites excluding steroid dienone is 2. The number of nitrogens with zero attached hydrogens (tertiary/aromatic N) is 1. The maximum absolute atomic E-state index is 14.0. The lowest BCUT2D eigenvalue weighted by Crippen LogP contribution is -2.60. The summed E-state index contributed by atoms with van der Waals surface area (Å²) in [4.78, 5) is 24.8. The molecule has 0 radical (unpaired) electrons. The SMILES string of the molecule is O=C1C2C3C=CC(C3)C2C(=O)N1OS(=O)(=O)C1C(F)C(F)C(F)C(F)C1F. The Balaban J connectivity index is 1.59. The van der Waals surface area contributed by atoms with Gasteiger partial charge in [-0.05, 0) is 18.3 Å². The average Bonchev–Trinajstić information content (AvgIpc) is 3.28. The van der Waals surface area contributed by atoms with Crippen molar-refractivity contribution in [2.75, 3.05) is 0 Å². The first-order valence-electron chi connectivity index (χ1n) is 8.26. The fourth-order valence-electron chi connectivity index (χ4n) is 4.49. The Bertz CT molecular complexity index is 775. The molecule has 12 heteroatoms. The molecular formula is C15H14F5NO5S. The highest BCUT2D eigenvalue weighted by Gasteiger charge is 2.63. The van der Waals surface area contributed by atoms with Gasteiger partial charge in [0.25, 0.3) is 21.9 Å². The predicted octanol–water partition coefficient (Wildman–Crippen LogP) is 1.13. The first kappa shape index (κ1) is 18.8. The van der Waals surface area contributed by atoms with E-state index in [2.05, 4.69) is 4.28 Å². The number of rotatable bonds is 3. The number of amides is 2. The summed E-state index contributed by atoms with van der Waals surface area (Å²) >= 11 is 0. The highest BCUT2D eigenvalue weighted by atomic mass is 32.2. The normalized spacial score (nSPS) is 49.1.